The minimum atomic E-state index is -0.306. The second-order valence-electron chi connectivity index (χ2n) is 4.74. The maximum atomic E-state index is 12.5. The Labute approximate surface area is 152 Å². The highest BCUT2D eigenvalue weighted by Gasteiger charge is 2.16. The topological polar surface area (TPSA) is 94.5 Å². The predicted octanol–water partition coefficient (Wildman–Crippen LogP) is 1.50. The van der Waals surface area contributed by atoms with E-state index in [0.29, 0.717) is 22.7 Å². The van der Waals surface area contributed by atoms with Crippen LogP contribution < -0.4 is 20.1 Å². The van der Waals surface area contributed by atoms with Gasteiger partial charge in [0.05, 0.1) is 31.7 Å². The molecule has 1 aromatic carbocycles. The molecule has 128 valence electrons. The van der Waals surface area contributed by atoms with Crippen LogP contribution in [0.1, 0.15) is 10.4 Å². The highest BCUT2D eigenvalue weighted by atomic mass is 127. The largest absolute Gasteiger partial charge is 0.493 e. The molecule has 0 unspecified atom stereocenters. The molecule has 0 saturated heterocycles. The average Bonchev–Trinajstić information content (AvgIpc) is 3.00. The molecule has 0 aliphatic heterocycles. The molecule has 8 nitrogen and oxygen atoms in total. The number of anilines is 1. The molecular weight excluding hydrogens is 427 g/mol. The zero-order valence-electron chi connectivity index (χ0n) is 13.4. The lowest BCUT2D eigenvalue weighted by Crippen LogP contribution is -2.23. The molecule has 0 aliphatic rings. The lowest BCUT2D eigenvalue weighted by atomic mass is 10.2. The van der Waals surface area contributed by atoms with Crippen molar-refractivity contribution in [3.63, 3.8) is 0 Å². The van der Waals surface area contributed by atoms with Crippen LogP contribution in [0, 0.1) is 3.57 Å². The van der Waals surface area contributed by atoms with Gasteiger partial charge in [-0.1, -0.05) is 0 Å². The number of nitrogens with zero attached hydrogens (tertiary/aromatic N) is 2. The first-order chi connectivity index (χ1) is 11.5. The summed E-state index contributed by atoms with van der Waals surface area (Å²) in [6, 6.07) is 3.34. The Morgan fingerprint density at radius 3 is 2.54 bits per heavy atom. The fourth-order valence-electron chi connectivity index (χ4n) is 1.97. The molecule has 0 spiro atoms. The summed E-state index contributed by atoms with van der Waals surface area (Å²) in [7, 11) is 4.59. The van der Waals surface area contributed by atoms with Crippen molar-refractivity contribution in [2.24, 2.45) is 0 Å². The van der Waals surface area contributed by atoms with Crippen LogP contribution in [-0.2, 0) is 11.3 Å². The van der Waals surface area contributed by atoms with Crippen LogP contribution in [0.15, 0.2) is 24.5 Å². The normalized spacial score (nSPS) is 10.2. The first-order valence-electron chi connectivity index (χ1n) is 6.94. The zero-order chi connectivity index (χ0) is 17.7. The molecule has 2 rings (SSSR count). The third-order valence-corrected chi connectivity index (χ3v) is 4.09. The highest BCUT2D eigenvalue weighted by Crippen LogP contribution is 2.31. The maximum absolute atomic E-state index is 12.5. The number of amides is 2. The Balaban J connectivity index is 2.17. The SMILES string of the molecule is CNC(=O)Cn1cc(NC(=O)c2cc(OC)c(OC)cc2I)cn1. The number of nitrogens with one attached hydrogen (secondary N) is 2. The molecule has 0 aliphatic carbocycles. The van der Waals surface area contributed by atoms with E-state index < -0.39 is 0 Å². The van der Waals surface area contributed by atoms with Gasteiger partial charge in [0.1, 0.15) is 6.54 Å². The van der Waals surface area contributed by atoms with E-state index in [2.05, 4.69) is 38.3 Å². The number of likely N-dealkylation sites (N-methyl/N-ethyl adjacent to an activating group) is 1. The van der Waals surface area contributed by atoms with Crippen LogP contribution >= 0.6 is 22.6 Å². The van der Waals surface area contributed by atoms with Crippen molar-refractivity contribution in [3.05, 3.63) is 33.7 Å². The van der Waals surface area contributed by atoms with Gasteiger partial charge in [0.15, 0.2) is 11.5 Å². The van der Waals surface area contributed by atoms with Crippen molar-refractivity contribution in [1.29, 1.82) is 0 Å². The van der Waals surface area contributed by atoms with Gasteiger partial charge in [0.25, 0.3) is 5.91 Å². The summed E-state index contributed by atoms with van der Waals surface area (Å²) in [5.41, 5.74) is 0.946. The van der Waals surface area contributed by atoms with Gasteiger partial charge in [-0.2, -0.15) is 5.10 Å². The summed E-state index contributed by atoms with van der Waals surface area (Å²) in [5, 5.41) is 9.28. The second-order valence-corrected chi connectivity index (χ2v) is 5.90. The molecule has 24 heavy (non-hydrogen) atoms. The van der Waals surface area contributed by atoms with Crippen molar-refractivity contribution in [2.45, 2.75) is 6.54 Å². The minimum Gasteiger partial charge on any atom is -0.493 e. The molecule has 0 bridgehead atoms. The van der Waals surface area contributed by atoms with Gasteiger partial charge >= 0.3 is 0 Å². The number of methoxy groups -OCH3 is 2. The average molecular weight is 444 g/mol. The summed E-state index contributed by atoms with van der Waals surface area (Å²) in [5.74, 6) is 0.542. The number of halogens is 1. The van der Waals surface area contributed by atoms with E-state index in [1.165, 1.54) is 25.1 Å². The maximum Gasteiger partial charge on any atom is 0.256 e. The number of rotatable bonds is 6. The first kappa shape index (κ1) is 18.0. The number of ether oxygens (including phenoxy) is 2. The van der Waals surface area contributed by atoms with Gasteiger partial charge in [0.2, 0.25) is 5.91 Å². The van der Waals surface area contributed by atoms with Crippen molar-refractivity contribution >= 4 is 40.1 Å². The van der Waals surface area contributed by atoms with Crippen LogP contribution in [0.2, 0.25) is 0 Å². The van der Waals surface area contributed by atoms with Gasteiger partial charge in [-0.05, 0) is 34.7 Å². The molecule has 0 radical (unpaired) electrons. The lowest BCUT2D eigenvalue weighted by molar-refractivity contribution is -0.121. The van der Waals surface area contributed by atoms with E-state index in [1.54, 1.807) is 25.4 Å². The van der Waals surface area contributed by atoms with Gasteiger partial charge in [-0.3, -0.25) is 14.3 Å². The Morgan fingerprint density at radius 1 is 1.25 bits per heavy atom. The lowest BCUT2D eigenvalue weighted by Gasteiger charge is -2.11. The number of carbonyl (C=O) groups is 2. The quantitative estimate of drug-likeness (QED) is 0.659. The number of aromatic nitrogens is 2. The van der Waals surface area contributed by atoms with Crippen molar-refractivity contribution in [2.75, 3.05) is 26.6 Å². The predicted molar refractivity (Wildman–Crippen MR) is 96.5 cm³/mol. The number of hydrogen-bond acceptors (Lipinski definition) is 5. The highest BCUT2D eigenvalue weighted by molar-refractivity contribution is 14.1. The van der Waals surface area contributed by atoms with Crippen LogP contribution in [0.3, 0.4) is 0 Å². The van der Waals surface area contributed by atoms with Crippen molar-refractivity contribution in [1.82, 2.24) is 15.1 Å². The smallest absolute Gasteiger partial charge is 0.256 e. The molecule has 9 heteroatoms. The molecule has 1 heterocycles. The molecule has 2 aromatic rings. The summed E-state index contributed by atoms with van der Waals surface area (Å²) in [4.78, 5) is 23.8. The third-order valence-electron chi connectivity index (χ3n) is 3.19. The Kier molecular flexibility index (Phi) is 6.01. The summed E-state index contributed by atoms with van der Waals surface area (Å²) >= 11 is 2.06. The summed E-state index contributed by atoms with van der Waals surface area (Å²) in [6.45, 7) is 0.0836. The van der Waals surface area contributed by atoms with Crippen LogP contribution in [0.5, 0.6) is 11.5 Å². The van der Waals surface area contributed by atoms with Crippen molar-refractivity contribution < 1.29 is 19.1 Å². The van der Waals surface area contributed by atoms with Crippen LogP contribution in [0.4, 0.5) is 5.69 Å². The van der Waals surface area contributed by atoms with Gasteiger partial charge in [0, 0.05) is 16.8 Å². The molecular formula is C15H17IN4O4. The summed E-state index contributed by atoms with van der Waals surface area (Å²) in [6.07, 6.45) is 3.06. The fraction of sp³-hybridized carbons (Fsp3) is 0.267. The van der Waals surface area contributed by atoms with E-state index >= 15 is 0 Å². The number of hydrogen-bond donors (Lipinski definition) is 2. The van der Waals surface area contributed by atoms with Gasteiger partial charge in [-0.25, -0.2) is 0 Å². The van der Waals surface area contributed by atoms with Gasteiger partial charge < -0.3 is 20.1 Å². The van der Waals surface area contributed by atoms with Crippen LogP contribution in [0.25, 0.3) is 0 Å². The number of benzene rings is 1. The molecule has 1 aromatic heterocycles. The van der Waals surface area contributed by atoms with Crippen molar-refractivity contribution in [3.8, 4) is 11.5 Å². The second kappa shape index (κ2) is 7.99. The molecule has 2 N–H and O–H groups in total. The van der Waals surface area contributed by atoms with E-state index in [0.717, 1.165) is 3.57 Å². The molecule has 0 fully saturated rings. The Morgan fingerprint density at radius 2 is 1.92 bits per heavy atom. The zero-order valence-corrected chi connectivity index (χ0v) is 15.6. The third kappa shape index (κ3) is 4.16. The Hall–Kier alpha value is -2.30. The fourth-order valence-corrected chi connectivity index (χ4v) is 2.65. The first-order valence-corrected chi connectivity index (χ1v) is 8.02. The van der Waals surface area contributed by atoms with E-state index in [9.17, 15) is 9.59 Å². The molecule has 0 atom stereocenters. The van der Waals surface area contributed by atoms with E-state index in [1.807, 2.05) is 0 Å². The van der Waals surface area contributed by atoms with E-state index in [-0.39, 0.29) is 18.4 Å². The minimum absolute atomic E-state index is 0.0836. The standard InChI is InChI=1S/C15H17IN4O4/c1-17-14(21)8-20-7-9(6-18-20)19-15(22)10-4-12(23-2)13(24-3)5-11(10)16/h4-7H,8H2,1-3H3,(H,17,21)(H,19,22). The van der Waals surface area contributed by atoms with Crippen LogP contribution in [-0.4, -0.2) is 42.9 Å². The monoisotopic (exact) mass is 444 g/mol. The summed E-state index contributed by atoms with van der Waals surface area (Å²) < 4.78 is 12.6. The Bertz CT molecular complexity index is 760. The van der Waals surface area contributed by atoms with E-state index in [4.69, 9.17) is 9.47 Å². The van der Waals surface area contributed by atoms with Gasteiger partial charge in [-0.15, -0.1) is 0 Å². The molecule has 0 saturated carbocycles. The molecule has 2 amide bonds. The number of carbonyl (C=O) groups excluding carboxylic acids is 2.